The molecule has 0 spiro atoms. The molecule has 0 saturated heterocycles. The summed E-state index contributed by atoms with van der Waals surface area (Å²) in [7, 11) is 0. The minimum atomic E-state index is 0.768. The average molecular weight is 246 g/mol. The Morgan fingerprint density at radius 1 is 1.24 bits per heavy atom. The van der Waals surface area contributed by atoms with Crippen molar-refractivity contribution in [1.82, 2.24) is 10.3 Å². The number of aromatic nitrogens is 1. The van der Waals surface area contributed by atoms with Gasteiger partial charge in [-0.25, -0.2) is 4.98 Å². The monoisotopic (exact) mass is 246 g/mol. The Morgan fingerprint density at radius 3 is 2.88 bits per heavy atom. The molecule has 1 N–H and O–H groups in total. The molecule has 0 unspecified atom stereocenters. The Morgan fingerprint density at radius 2 is 2.06 bits per heavy atom. The largest absolute Gasteiger partial charge is 0.314 e. The van der Waals surface area contributed by atoms with Gasteiger partial charge in [-0.05, 0) is 25.0 Å². The molecule has 0 amide bonds. The van der Waals surface area contributed by atoms with Crippen LogP contribution in [-0.2, 0) is 6.42 Å². The van der Waals surface area contributed by atoms with E-state index in [0.717, 1.165) is 24.5 Å². The smallest absolute Gasteiger partial charge is 0.0951 e. The molecule has 1 aliphatic carbocycles. The molecule has 1 heterocycles. The molecule has 0 atom stereocenters. The molecule has 1 aromatic heterocycles. The molecular weight excluding hydrogens is 228 g/mol. The van der Waals surface area contributed by atoms with Gasteiger partial charge in [0.1, 0.15) is 0 Å². The van der Waals surface area contributed by atoms with Gasteiger partial charge in [-0.3, -0.25) is 0 Å². The maximum Gasteiger partial charge on any atom is 0.0951 e. The van der Waals surface area contributed by atoms with Crippen molar-refractivity contribution in [1.29, 1.82) is 0 Å². The van der Waals surface area contributed by atoms with E-state index in [1.54, 1.807) is 0 Å². The van der Waals surface area contributed by atoms with Crippen LogP contribution in [0.1, 0.15) is 30.7 Å². The molecule has 3 heteroatoms. The lowest BCUT2D eigenvalue weighted by Gasteiger charge is -2.10. The predicted molar refractivity (Wildman–Crippen MR) is 73.6 cm³/mol. The zero-order chi connectivity index (χ0) is 11.5. The zero-order valence-corrected chi connectivity index (χ0v) is 10.8. The number of hydrogen-bond donors (Lipinski definition) is 1. The number of nitrogens with one attached hydrogen (secondary N) is 1. The van der Waals surface area contributed by atoms with E-state index in [9.17, 15) is 0 Å². The second-order valence-corrected chi connectivity index (χ2v) is 5.88. The van der Waals surface area contributed by atoms with E-state index in [2.05, 4.69) is 34.6 Å². The second kappa shape index (κ2) is 5.15. The summed E-state index contributed by atoms with van der Waals surface area (Å²) in [4.78, 5) is 4.66. The summed E-state index contributed by atoms with van der Waals surface area (Å²) in [5.74, 6) is 0. The summed E-state index contributed by atoms with van der Waals surface area (Å²) < 4.78 is 1.31. The van der Waals surface area contributed by atoms with Crippen molar-refractivity contribution in [2.45, 2.75) is 38.1 Å². The maximum absolute atomic E-state index is 4.66. The number of rotatable bonds is 4. The Balaban J connectivity index is 1.57. The normalized spacial score (nSPS) is 16.9. The maximum atomic E-state index is 4.66. The molecular formula is C14H18N2S. The third-order valence-corrected chi connectivity index (χ3v) is 4.56. The van der Waals surface area contributed by atoms with E-state index < -0.39 is 0 Å². The fourth-order valence-electron chi connectivity index (χ4n) is 2.54. The number of fused-ring (bicyclic) bond motifs is 1. The van der Waals surface area contributed by atoms with Crippen LogP contribution in [0, 0.1) is 0 Å². The number of nitrogens with zero attached hydrogens (tertiary/aromatic N) is 1. The van der Waals surface area contributed by atoms with Crippen molar-refractivity contribution < 1.29 is 0 Å². The first kappa shape index (κ1) is 11.2. The lowest BCUT2D eigenvalue weighted by atomic mass is 10.2. The molecule has 0 radical (unpaired) electrons. The highest BCUT2D eigenvalue weighted by Crippen LogP contribution is 2.22. The van der Waals surface area contributed by atoms with Gasteiger partial charge in [0, 0.05) is 19.0 Å². The molecule has 1 aliphatic rings. The van der Waals surface area contributed by atoms with Gasteiger partial charge in [-0.15, -0.1) is 11.3 Å². The minimum Gasteiger partial charge on any atom is -0.314 e. The Labute approximate surface area is 106 Å². The highest BCUT2D eigenvalue weighted by Gasteiger charge is 2.13. The van der Waals surface area contributed by atoms with Crippen molar-refractivity contribution in [3.63, 3.8) is 0 Å². The first-order valence-electron chi connectivity index (χ1n) is 6.50. The van der Waals surface area contributed by atoms with Crippen LogP contribution in [0.15, 0.2) is 24.3 Å². The average Bonchev–Trinajstić information content (AvgIpc) is 2.96. The Hall–Kier alpha value is -0.930. The van der Waals surface area contributed by atoms with Gasteiger partial charge in [-0.2, -0.15) is 0 Å². The first-order chi connectivity index (χ1) is 8.42. The van der Waals surface area contributed by atoms with Crippen molar-refractivity contribution in [3.05, 3.63) is 29.3 Å². The molecule has 17 heavy (non-hydrogen) atoms. The van der Waals surface area contributed by atoms with Crippen LogP contribution in [-0.4, -0.2) is 17.6 Å². The molecule has 2 aromatic rings. The van der Waals surface area contributed by atoms with Gasteiger partial charge in [0.25, 0.3) is 0 Å². The van der Waals surface area contributed by atoms with E-state index in [0.29, 0.717) is 0 Å². The predicted octanol–water partition coefficient (Wildman–Crippen LogP) is 3.37. The van der Waals surface area contributed by atoms with Gasteiger partial charge >= 0.3 is 0 Å². The van der Waals surface area contributed by atoms with Crippen LogP contribution < -0.4 is 5.32 Å². The van der Waals surface area contributed by atoms with Gasteiger partial charge in [0.2, 0.25) is 0 Å². The highest BCUT2D eigenvalue weighted by atomic mass is 32.1. The van der Waals surface area contributed by atoms with Crippen molar-refractivity contribution in [2.75, 3.05) is 6.54 Å². The molecule has 1 saturated carbocycles. The van der Waals surface area contributed by atoms with Crippen LogP contribution in [0.5, 0.6) is 0 Å². The van der Waals surface area contributed by atoms with Gasteiger partial charge in [0.15, 0.2) is 0 Å². The molecule has 0 bridgehead atoms. The lowest BCUT2D eigenvalue weighted by Crippen LogP contribution is -2.27. The molecule has 1 aromatic carbocycles. The molecule has 2 nitrogen and oxygen atoms in total. The Bertz CT molecular complexity index is 453. The van der Waals surface area contributed by atoms with E-state index in [4.69, 9.17) is 0 Å². The van der Waals surface area contributed by atoms with Crippen LogP contribution in [0.25, 0.3) is 10.2 Å². The van der Waals surface area contributed by atoms with Gasteiger partial charge in [0.05, 0.1) is 15.2 Å². The number of thiazole rings is 1. The van der Waals surface area contributed by atoms with Crippen LogP contribution in [0.2, 0.25) is 0 Å². The third kappa shape index (κ3) is 2.67. The van der Waals surface area contributed by atoms with E-state index in [-0.39, 0.29) is 0 Å². The topological polar surface area (TPSA) is 24.9 Å². The van der Waals surface area contributed by atoms with Crippen molar-refractivity contribution in [2.24, 2.45) is 0 Å². The van der Waals surface area contributed by atoms with Crippen LogP contribution >= 0.6 is 11.3 Å². The number of para-hydroxylation sites is 1. The molecule has 90 valence electrons. The summed E-state index contributed by atoms with van der Waals surface area (Å²) in [6, 6.07) is 9.16. The van der Waals surface area contributed by atoms with Crippen molar-refractivity contribution >= 4 is 21.6 Å². The minimum absolute atomic E-state index is 0.768. The first-order valence-corrected chi connectivity index (χ1v) is 7.31. The molecule has 3 rings (SSSR count). The molecule has 1 fully saturated rings. The summed E-state index contributed by atoms with van der Waals surface area (Å²) in [5.41, 5.74) is 1.15. The summed E-state index contributed by atoms with van der Waals surface area (Å²) in [6.07, 6.45) is 6.59. The van der Waals surface area contributed by atoms with E-state index in [1.165, 1.54) is 35.4 Å². The highest BCUT2D eigenvalue weighted by molar-refractivity contribution is 7.18. The van der Waals surface area contributed by atoms with Gasteiger partial charge in [-0.1, -0.05) is 25.0 Å². The van der Waals surface area contributed by atoms with Crippen molar-refractivity contribution in [3.8, 4) is 0 Å². The fraction of sp³-hybridized carbons (Fsp3) is 0.500. The van der Waals surface area contributed by atoms with E-state index in [1.807, 2.05) is 11.3 Å². The summed E-state index contributed by atoms with van der Waals surface area (Å²) >= 11 is 1.83. The SMILES string of the molecule is c1ccc2sc(CCNC3CCCC3)nc2c1. The number of hydrogen-bond acceptors (Lipinski definition) is 3. The van der Waals surface area contributed by atoms with Gasteiger partial charge < -0.3 is 5.32 Å². The molecule has 0 aliphatic heterocycles. The fourth-order valence-corrected chi connectivity index (χ4v) is 3.51. The second-order valence-electron chi connectivity index (χ2n) is 4.76. The van der Waals surface area contributed by atoms with Crippen LogP contribution in [0.3, 0.4) is 0 Å². The summed E-state index contributed by atoms with van der Waals surface area (Å²) in [5, 5.41) is 4.90. The zero-order valence-electron chi connectivity index (χ0n) is 9.98. The van der Waals surface area contributed by atoms with Crippen LogP contribution in [0.4, 0.5) is 0 Å². The lowest BCUT2D eigenvalue weighted by molar-refractivity contribution is 0.527. The quantitative estimate of drug-likeness (QED) is 0.894. The Kier molecular flexibility index (Phi) is 3.39. The van der Waals surface area contributed by atoms with E-state index >= 15 is 0 Å². The standard InChI is InChI=1S/C14H18N2S/c1-2-6-11(5-1)15-10-9-14-16-12-7-3-4-8-13(12)17-14/h3-4,7-8,11,15H,1-2,5-6,9-10H2. The number of benzene rings is 1. The summed E-state index contributed by atoms with van der Waals surface area (Å²) in [6.45, 7) is 1.07. The third-order valence-electron chi connectivity index (χ3n) is 3.47.